The Labute approximate surface area is 186 Å². The molecule has 0 saturated carbocycles. The maximum atomic E-state index is 13.0. The van der Waals surface area contributed by atoms with E-state index < -0.39 is 26.4 Å². The van der Waals surface area contributed by atoms with Crippen LogP contribution < -0.4 is 0 Å². The fourth-order valence-corrected chi connectivity index (χ4v) is 5.67. The van der Waals surface area contributed by atoms with Crippen molar-refractivity contribution in [2.45, 2.75) is 4.75 Å². The van der Waals surface area contributed by atoms with Crippen LogP contribution in [-0.4, -0.2) is 23.2 Å². The van der Waals surface area contributed by atoms with E-state index in [1.807, 2.05) is 0 Å². The Hall–Kier alpha value is -1.67. The highest BCUT2D eigenvalue weighted by molar-refractivity contribution is 7.87. The van der Waals surface area contributed by atoms with Crippen LogP contribution in [0.5, 0.6) is 11.5 Å². The Morgan fingerprint density at radius 3 is 2.07 bits per heavy atom. The first kappa shape index (κ1) is 22.0. The zero-order valence-corrected chi connectivity index (χ0v) is 18.1. The first-order valence-electron chi connectivity index (χ1n) is 7.89. The SMILES string of the molecule is O=S(=O)(O)C(c1cccc(Cl)c1)(c1cc(O)cc(Cl)c1Cl)c1c(O)cccc1Cl. The van der Waals surface area contributed by atoms with Crippen LogP contribution in [0.15, 0.2) is 54.6 Å². The lowest BCUT2D eigenvalue weighted by molar-refractivity contribution is 0.439. The maximum Gasteiger partial charge on any atom is 0.283 e. The summed E-state index contributed by atoms with van der Waals surface area (Å²) in [6.45, 7) is 0. The molecule has 10 heteroatoms. The van der Waals surface area contributed by atoms with E-state index in [0.29, 0.717) is 0 Å². The molecule has 5 nitrogen and oxygen atoms in total. The second-order valence-electron chi connectivity index (χ2n) is 6.09. The highest BCUT2D eigenvalue weighted by Gasteiger charge is 2.53. The summed E-state index contributed by atoms with van der Waals surface area (Å²) in [6, 6.07) is 11.6. The molecule has 29 heavy (non-hydrogen) atoms. The van der Waals surface area contributed by atoms with Gasteiger partial charge in [0.05, 0.1) is 10.0 Å². The van der Waals surface area contributed by atoms with E-state index in [4.69, 9.17) is 46.4 Å². The predicted molar refractivity (Wildman–Crippen MR) is 114 cm³/mol. The summed E-state index contributed by atoms with van der Waals surface area (Å²) < 4.78 is 34.0. The van der Waals surface area contributed by atoms with Crippen LogP contribution >= 0.6 is 46.4 Å². The van der Waals surface area contributed by atoms with Crippen molar-refractivity contribution in [3.8, 4) is 11.5 Å². The molecule has 0 aliphatic rings. The van der Waals surface area contributed by atoms with Crippen molar-refractivity contribution in [1.82, 2.24) is 0 Å². The van der Waals surface area contributed by atoms with Crippen LogP contribution in [-0.2, 0) is 14.9 Å². The Balaban J connectivity index is 2.68. The standard InChI is InChI=1S/C19H12Cl4O5S/c20-11-4-1-3-10(7-11)19(29(26,27)28,17-14(21)5-2-6-16(17)25)13-8-12(24)9-15(22)18(13)23/h1-9,24-25H,(H,26,27,28). The highest BCUT2D eigenvalue weighted by atomic mass is 35.5. The van der Waals surface area contributed by atoms with Gasteiger partial charge in [0.2, 0.25) is 0 Å². The third-order valence-electron chi connectivity index (χ3n) is 4.35. The molecule has 0 aromatic heterocycles. The van der Waals surface area contributed by atoms with Gasteiger partial charge in [-0.05, 0) is 35.9 Å². The number of benzene rings is 3. The number of halogens is 4. The molecular weight excluding hydrogens is 482 g/mol. The fourth-order valence-electron chi connectivity index (χ4n) is 3.25. The van der Waals surface area contributed by atoms with Gasteiger partial charge in [-0.25, -0.2) is 0 Å². The highest BCUT2D eigenvalue weighted by Crippen LogP contribution is 2.53. The Morgan fingerprint density at radius 2 is 1.48 bits per heavy atom. The number of hydrogen-bond acceptors (Lipinski definition) is 4. The van der Waals surface area contributed by atoms with Crippen molar-refractivity contribution in [1.29, 1.82) is 0 Å². The van der Waals surface area contributed by atoms with Crippen molar-refractivity contribution in [3.63, 3.8) is 0 Å². The lowest BCUT2D eigenvalue weighted by Gasteiger charge is -2.34. The number of phenols is 2. The van der Waals surface area contributed by atoms with E-state index >= 15 is 0 Å². The predicted octanol–water partition coefficient (Wildman–Crippen LogP) is 5.89. The molecule has 1 unspecified atom stereocenters. The van der Waals surface area contributed by atoms with Crippen molar-refractivity contribution in [3.05, 3.63) is 91.4 Å². The van der Waals surface area contributed by atoms with Crippen molar-refractivity contribution in [2.24, 2.45) is 0 Å². The van der Waals surface area contributed by atoms with Gasteiger partial charge in [0.25, 0.3) is 10.1 Å². The van der Waals surface area contributed by atoms with Crippen LogP contribution in [0.4, 0.5) is 0 Å². The summed E-state index contributed by atoms with van der Waals surface area (Å²) in [7, 11) is -5.16. The lowest BCUT2D eigenvalue weighted by Crippen LogP contribution is -2.39. The topological polar surface area (TPSA) is 94.8 Å². The minimum Gasteiger partial charge on any atom is -0.508 e. The quantitative estimate of drug-likeness (QED) is 0.311. The molecule has 3 rings (SSSR count). The maximum absolute atomic E-state index is 13.0. The molecule has 0 aliphatic carbocycles. The first-order valence-corrected chi connectivity index (χ1v) is 10.8. The summed E-state index contributed by atoms with van der Waals surface area (Å²) in [5.74, 6) is -0.957. The average Bonchev–Trinajstić information content (AvgIpc) is 2.60. The largest absolute Gasteiger partial charge is 0.508 e. The zero-order chi connectivity index (χ0) is 21.6. The van der Waals surface area contributed by atoms with Gasteiger partial charge in [-0.3, -0.25) is 4.55 Å². The summed E-state index contributed by atoms with van der Waals surface area (Å²) in [4.78, 5) is 0. The summed E-state index contributed by atoms with van der Waals surface area (Å²) in [5, 5.41) is 20.2. The number of aromatic hydroxyl groups is 2. The van der Waals surface area contributed by atoms with E-state index in [0.717, 1.165) is 12.1 Å². The van der Waals surface area contributed by atoms with E-state index in [2.05, 4.69) is 0 Å². The molecule has 152 valence electrons. The molecule has 0 heterocycles. The Morgan fingerprint density at radius 1 is 0.828 bits per heavy atom. The van der Waals surface area contributed by atoms with E-state index in [-0.39, 0.29) is 36.8 Å². The molecule has 0 spiro atoms. The molecule has 0 radical (unpaired) electrons. The Bertz CT molecular complexity index is 1190. The second kappa shape index (κ2) is 7.87. The summed E-state index contributed by atoms with van der Waals surface area (Å²) >= 11 is 24.8. The van der Waals surface area contributed by atoms with Gasteiger partial charge in [-0.1, -0.05) is 64.6 Å². The molecule has 3 aromatic rings. The first-order chi connectivity index (χ1) is 13.5. The van der Waals surface area contributed by atoms with Gasteiger partial charge in [0, 0.05) is 27.2 Å². The van der Waals surface area contributed by atoms with Gasteiger partial charge in [-0.15, -0.1) is 0 Å². The molecule has 0 saturated heterocycles. The van der Waals surface area contributed by atoms with Crippen LogP contribution in [0.25, 0.3) is 0 Å². The Kier molecular flexibility index (Phi) is 5.98. The van der Waals surface area contributed by atoms with Crippen LogP contribution in [0.3, 0.4) is 0 Å². The van der Waals surface area contributed by atoms with E-state index in [1.165, 1.54) is 42.5 Å². The van der Waals surface area contributed by atoms with Gasteiger partial charge in [-0.2, -0.15) is 8.42 Å². The smallest absolute Gasteiger partial charge is 0.283 e. The molecule has 0 aliphatic heterocycles. The van der Waals surface area contributed by atoms with Crippen molar-refractivity contribution in [2.75, 3.05) is 0 Å². The molecule has 0 amide bonds. The zero-order valence-electron chi connectivity index (χ0n) is 14.3. The number of hydrogen-bond donors (Lipinski definition) is 3. The van der Waals surface area contributed by atoms with Crippen LogP contribution in [0.1, 0.15) is 16.7 Å². The second-order valence-corrected chi connectivity index (χ2v) is 9.28. The average molecular weight is 494 g/mol. The monoisotopic (exact) mass is 492 g/mol. The van der Waals surface area contributed by atoms with Gasteiger partial charge in [0.1, 0.15) is 11.5 Å². The number of phenolic OH excluding ortho intramolecular Hbond substituents is 2. The van der Waals surface area contributed by atoms with E-state index in [1.54, 1.807) is 0 Å². The van der Waals surface area contributed by atoms with Crippen molar-refractivity contribution >= 4 is 56.5 Å². The third kappa shape index (κ3) is 3.65. The lowest BCUT2D eigenvalue weighted by atomic mass is 9.83. The normalized spacial score (nSPS) is 13.8. The van der Waals surface area contributed by atoms with Crippen LogP contribution in [0.2, 0.25) is 20.1 Å². The van der Waals surface area contributed by atoms with Gasteiger partial charge < -0.3 is 10.2 Å². The molecule has 1 atom stereocenters. The third-order valence-corrected chi connectivity index (χ3v) is 7.14. The van der Waals surface area contributed by atoms with E-state index in [9.17, 15) is 23.2 Å². The minimum atomic E-state index is -5.16. The molecule has 0 bridgehead atoms. The van der Waals surface area contributed by atoms with Crippen molar-refractivity contribution < 1.29 is 23.2 Å². The van der Waals surface area contributed by atoms with Gasteiger partial charge in [0.15, 0.2) is 4.75 Å². The fraction of sp³-hybridized carbons (Fsp3) is 0.0526. The molecule has 3 aromatic carbocycles. The van der Waals surface area contributed by atoms with Gasteiger partial charge >= 0.3 is 0 Å². The number of rotatable bonds is 4. The molecular formula is C19H12Cl4O5S. The minimum absolute atomic E-state index is 0.0838. The summed E-state index contributed by atoms with van der Waals surface area (Å²) in [5.41, 5.74) is -0.785. The summed E-state index contributed by atoms with van der Waals surface area (Å²) in [6.07, 6.45) is 0. The molecule has 0 fully saturated rings. The van der Waals surface area contributed by atoms with Crippen LogP contribution in [0, 0.1) is 0 Å². The molecule has 3 N–H and O–H groups in total.